The van der Waals surface area contributed by atoms with Crippen LogP contribution in [-0.4, -0.2) is 40.6 Å². The number of hydrogen-bond acceptors (Lipinski definition) is 7. The molecule has 1 atom stereocenters. The van der Waals surface area contributed by atoms with Crippen LogP contribution < -0.4 is 4.18 Å². The minimum Gasteiger partial charge on any atom is -0.469 e. The second-order valence-corrected chi connectivity index (χ2v) is 7.63. The third-order valence-corrected chi connectivity index (χ3v) is 4.89. The molecule has 0 aliphatic carbocycles. The second-order valence-electron chi connectivity index (χ2n) is 6.09. The fourth-order valence-corrected chi connectivity index (χ4v) is 2.73. The van der Waals surface area contributed by atoms with Crippen molar-refractivity contribution < 1.29 is 44.9 Å². The summed E-state index contributed by atoms with van der Waals surface area (Å²) in [6.07, 6.45) is 1.43. The molecule has 184 valence electrons. The molecule has 0 aliphatic rings. The number of benzene rings is 2. The number of methoxy groups -OCH3 is 1. The number of aryl methyl sites for hydroxylation is 1. The number of hydrogen-bond donors (Lipinski definition) is 0. The van der Waals surface area contributed by atoms with Gasteiger partial charge in [-0.05, 0) is 37.0 Å². The van der Waals surface area contributed by atoms with Crippen molar-refractivity contribution in [3.05, 3.63) is 65.7 Å². The van der Waals surface area contributed by atoms with Crippen LogP contribution in [0.1, 0.15) is 36.8 Å². The molecular formula is C22H27F3O7S. The highest BCUT2D eigenvalue weighted by atomic mass is 32.2. The van der Waals surface area contributed by atoms with Gasteiger partial charge in [0.1, 0.15) is 19.3 Å². The van der Waals surface area contributed by atoms with Gasteiger partial charge in [-0.1, -0.05) is 55.0 Å². The summed E-state index contributed by atoms with van der Waals surface area (Å²) >= 11 is 0. The van der Waals surface area contributed by atoms with E-state index in [1.54, 1.807) is 6.92 Å². The van der Waals surface area contributed by atoms with E-state index in [2.05, 4.69) is 28.0 Å². The van der Waals surface area contributed by atoms with Crippen molar-refractivity contribution in [1.29, 1.82) is 0 Å². The molecule has 0 aliphatic heterocycles. The zero-order chi connectivity index (χ0) is 26.1. The maximum atomic E-state index is 11.9. The summed E-state index contributed by atoms with van der Waals surface area (Å²) in [6, 6.07) is 15.3. The van der Waals surface area contributed by atoms with E-state index in [0.717, 1.165) is 24.1 Å². The van der Waals surface area contributed by atoms with Gasteiger partial charge in [0.05, 0.1) is 13.5 Å². The van der Waals surface area contributed by atoms with Gasteiger partial charge in [-0.2, -0.15) is 21.6 Å². The Bertz CT molecular complexity index is 898. The molecule has 0 saturated heterocycles. The van der Waals surface area contributed by atoms with E-state index in [9.17, 15) is 26.4 Å². The molecule has 2 aromatic carbocycles. The van der Waals surface area contributed by atoms with Crippen LogP contribution in [0.2, 0.25) is 0 Å². The second kappa shape index (κ2) is 16.4. The Morgan fingerprint density at radius 1 is 0.970 bits per heavy atom. The van der Waals surface area contributed by atoms with Crippen LogP contribution in [0.15, 0.2) is 54.6 Å². The van der Waals surface area contributed by atoms with Gasteiger partial charge in [-0.25, -0.2) is 0 Å². The molecule has 11 heteroatoms. The predicted octanol–water partition coefficient (Wildman–Crippen LogP) is 4.60. The lowest BCUT2D eigenvalue weighted by atomic mass is 9.93. The number of halogens is 3. The zero-order valence-corrected chi connectivity index (χ0v) is 19.3. The lowest BCUT2D eigenvalue weighted by Gasteiger charge is -2.13. The predicted molar refractivity (Wildman–Crippen MR) is 117 cm³/mol. The molecule has 0 heterocycles. The molecular weight excluding hydrogens is 465 g/mol. The smallest absolute Gasteiger partial charge is 0.469 e. The first-order valence-electron chi connectivity index (χ1n) is 9.27. The summed E-state index contributed by atoms with van der Waals surface area (Å²) in [5.41, 5.74) is -3.41. The maximum Gasteiger partial charge on any atom is 0.534 e. The summed E-state index contributed by atoms with van der Waals surface area (Å²) in [5, 5.41) is 0. The Labute approximate surface area is 191 Å². The Hall–Kier alpha value is -3.21. The maximum absolute atomic E-state index is 11.9. The van der Waals surface area contributed by atoms with Crippen molar-refractivity contribution >= 4 is 29.7 Å². The van der Waals surface area contributed by atoms with E-state index in [-0.39, 0.29) is 17.6 Å². The molecule has 0 spiro atoms. The molecule has 2 aromatic rings. The first-order chi connectivity index (χ1) is 15.5. The standard InChI is InChI=1S/C12H16O2.C8H7F3O3S.2CH2O/c1-3-10(9-12(13)14-2)11-7-5-4-6-8-11;1-6-2-4-7(5-3-6)14-15(12,13)8(9,10)11;2*1-2/h4-8,10H,3,9H2,1-2H3;2-5H,1H3;2*1H2. The third-order valence-electron chi connectivity index (χ3n) is 3.91. The van der Waals surface area contributed by atoms with Gasteiger partial charge in [0.15, 0.2) is 0 Å². The van der Waals surface area contributed by atoms with Gasteiger partial charge in [-0.3, -0.25) is 4.79 Å². The van der Waals surface area contributed by atoms with Crippen LogP contribution in [0.4, 0.5) is 13.2 Å². The van der Waals surface area contributed by atoms with Gasteiger partial charge in [0.25, 0.3) is 0 Å². The van der Waals surface area contributed by atoms with E-state index < -0.39 is 15.6 Å². The van der Waals surface area contributed by atoms with Crippen LogP contribution in [0.3, 0.4) is 0 Å². The Morgan fingerprint density at radius 2 is 1.45 bits per heavy atom. The average Bonchev–Trinajstić information content (AvgIpc) is 2.81. The summed E-state index contributed by atoms with van der Waals surface area (Å²) in [6.45, 7) is 7.79. The highest BCUT2D eigenvalue weighted by Crippen LogP contribution is 2.27. The number of rotatable bonds is 6. The first-order valence-corrected chi connectivity index (χ1v) is 10.7. The van der Waals surface area contributed by atoms with Gasteiger partial charge in [-0.15, -0.1) is 0 Å². The van der Waals surface area contributed by atoms with Gasteiger partial charge < -0.3 is 18.5 Å². The normalized spacial score (nSPS) is 11.1. The minimum absolute atomic E-state index is 0.138. The molecule has 0 fully saturated rings. The van der Waals surface area contributed by atoms with Crippen LogP contribution in [-0.2, 0) is 29.2 Å². The number of carbonyl (C=O) groups excluding carboxylic acids is 3. The van der Waals surface area contributed by atoms with Crippen LogP contribution in [0.25, 0.3) is 0 Å². The third kappa shape index (κ3) is 12.4. The highest BCUT2D eigenvalue weighted by Gasteiger charge is 2.48. The lowest BCUT2D eigenvalue weighted by Crippen LogP contribution is -2.28. The number of carbonyl (C=O) groups is 3. The highest BCUT2D eigenvalue weighted by molar-refractivity contribution is 7.88. The Balaban J connectivity index is 0. The van der Waals surface area contributed by atoms with Gasteiger partial charge in [0.2, 0.25) is 0 Å². The largest absolute Gasteiger partial charge is 0.534 e. The van der Waals surface area contributed by atoms with Crippen molar-refractivity contribution in [2.75, 3.05) is 7.11 Å². The first kappa shape index (κ1) is 32.0. The fourth-order valence-electron chi connectivity index (χ4n) is 2.28. The van der Waals surface area contributed by atoms with E-state index in [1.807, 2.05) is 31.8 Å². The van der Waals surface area contributed by atoms with Crippen LogP contribution in [0.5, 0.6) is 5.75 Å². The monoisotopic (exact) mass is 492 g/mol. The minimum atomic E-state index is -5.56. The fraction of sp³-hybridized carbons (Fsp3) is 0.318. The van der Waals surface area contributed by atoms with Crippen molar-refractivity contribution in [1.82, 2.24) is 0 Å². The van der Waals surface area contributed by atoms with Gasteiger partial charge >= 0.3 is 21.6 Å². The lowest BCUT2D eigenvalue weighted by molar-refractivity contribution is -0.141. The topological polar surface area (TPSA) is 104 Å². The molecule has 0 amide bonds. The number of alkyl halides is 3. The molecule has 0 aromatic heterocycles. The SMILES string of the molecule is C=O.C=O.CCC(CC(=O)OC)c1ccccc1.Cc1ccc(OS(=O)(=O)C(F)(F)F)cc1. The molecule has 0 radical (unpaired) electrons. The van der Waals surface area contributed by atoms with Crippen LogP contribution in [0, 0.1) is 6.92 Å². The van der Waals surface area contributed by atoms with Gasteiger partial charge in [0, 0.05) is 0 Å². The van der Waals surface area contributed by atoms with E-state index >= 15 is 0 Å². The van der Waals surface area contributed by atoms with Crippen LogP contribution >= 0.6 is 0 Å². The molecule has 0 N–H and O–H groups in total. The zero-order valence-electron chi connectivity index (χ0n) is 18.5. The molecule has 0 saturated carbocycles. The number of ether oxygens (including phenoxy) is 1. The molecule has 7 nitrogen and oxygen atoms in total. The molecule has 33 heavy (non-hydrogen) atoms. The Morgan fingerprint density at radius 3 is 1.85 bits per heavy atom. The Kier molecular flexibility index (Phi) is 15.9. The average molecular weight is 493 g/mol. The quantitative estimate of drug-likeness (QED) is 0.330. The van der Waals surface area contributed by atoms with E-state index in [1.165, 1.54) is 24.8 Å². The van der Waals surface area contributed by atoms with Crippen molar-refractivity contribution in [2.24, 2.45) is 0 Å². The van der Waals surface area contributed by atoms with Crippen molar-refractivity contribution in [3.63, 3.8) is 0 Å². The summed E-state index contributed by atoms with van der Waals surface area (Å²) < 4.78 is 65.3. The van der Waals surface area contributed by atoms with Crippen molar-refractivity contribution in [3.8, 4) is 5.75 Å². The van der Waals surface area contributed by atoms with E-state index in [0.29, 0.717) is 6.42 Å². The molecule has 0 bridgehead atoms. The van der Waals surface area contributed by atoms with E-state index in [4.69, 9.17) is 9.59 Å². The number of esters is 1. The summed E-state index contributed by atoms with van der Waals surface area (Å²) in [7, 11) is -4.13. The van der Waals surface area contributed by atoms with Crippen molar-refractivity contribution in [2.45, 2.75) is 38.1 Å². The molecule has 1 unspecified atom stereocenters. The summed E-state index contributed by atoms with van der Waals surface area (Å²) in [5.74, 6) is -0.220. The molecule has 2 rings (SSSR count). The summed E-state index contributed by atoms with van der Waals surface area (Å²) in [4.78, 5) is 27.1.